The van der Waals surface area contributed by atoms with Crippen LogP contribution in [0.2, 0.25) is 0 Å². The van der Waals surface area contributed by atoms with Gasteiger partial charge in [-0.3, -0.25) is 9.59 Å². The molecule has 2 aromatic carbocycles. The van der Waals surface area contributed by atoms with Crippen molar-refractivity contribution in [3.8, 4) is 5.75 Å². The van der Waals surface area contributed by atoms with E-state index in [1.165, 1.54) is 0 Å². The molecule has 2 N–H and O–H groups in total. The number of hydrogen-bond acceptors (Lipinski definition) is 3. The normalized spacial score (nSPS) is 11.6. The SMILES string of the molecule is CCCCNC(=O)c1ccccc1NC(=O)[C@H](C)Oc1cc(C)ccc1C. The lowest BCUT2D eigenvalue weighted by molar-refractivity contribution is -0.122. The number of aryl methyl sites for hydroxylation is 2. The third-order valence-corrected chi connectivity index (χ3v) is 4.26. The number of hydrogen-bond donors (Lipinski definition) is 2. The molecule has 2 aromatic rings. The number of carbonyl (C=O) groups is 2. The Morgan fingerprint density at radius 1 is 1.11 bits per heavy atom. The maximum atomic E-state index is 12.6. The van der Waals surface area contributed by atoms with Crippen molar-refractivity contribution in [2.75, 3.05) is 11.9 Å². The van der Waals surface area contributed by atoms with Crippen molar-refractivity contribution in [3.63, 3.8) is 0 Å². The second kappa shape index (κ2) is 9.76. The molecule has 2 amide bonds. The van der Waals surface area contributed by atoms with Gasteiger partial charge >= 0.3 is 0 Å². The lowest BCUT2D eigenvalue weighted by atomic mass is 10.1. The number of carbonyl (C=O) groups excluding carboxylic acids is 2. The first-order valence-electron chi connectivity index (χ1n) is 9.34. The third kappa shape index (κ3) is 5.84. The van der Waals surface area contributed by atoms with Crippen LogP contribution in [0.3, 0.4) is 0 Å². The number of benzene rings is 2. The Hall–Kier alpha value is -2.82. The molecule has 144 valence electrons. The number of rotatable bonds is 8. The molecule has 5 nitrogen and oxygen atoms in total. The van der Waals surface area contributed by atoms with Crippen molar-refractivity contribution in [3.05, 3.63) is 59.2 Å². The van der Waals surface area contributed by atoms with E-state index < -0.39 is 6.10 Å². The van der Waals surface area contributed by atoms with E-state index in [0.29, 0.717) is 23.5 Å². The van der Waals surface area contributed by atoms with Gasteiger partial charge in [-0.05, 0) is 56.5 Å². The molecule has 0 saturated carbocycles. The van der Waals surface area contributed by atoms with Crippen LogP contribution in [-0.2, 0) is 4.79 Å². The Bertz CT molecular complexity index is 802. The second-order valence-electron chi connectivity index (χ2n) is 6.67. The zero-order valence-corrected chi connectivity index (χ0v) is 16.5. The molecule has 0 bridgehead atoms. The molecular weight excluding hydrogens is 340 g/mol. The minimum absolute atomic E-state index is 0.192. The van der Waals surface area contributed by atoms with Crippen LogP contribution >= 0.6 is 0 Å². The summed E-state index contributed by atoms with van der Waals surface area (Å²) in [6, 6.07) is 12.9. The predicted molar refractivity (Wildman–Crippen MR) is 108 cm³/mol. The zero-order chi connectivity index (χ0) is 19.8. The van der Waals surface area contributed by atoms with Gasteiger partial charge in [0.25, 0.3) is 11.8 Å². The van der Waals surface area contributed by atoms with Crippen molar-refractivity contribution in [2.24, 2.45) is 0 Å². The molecule has 27 heavy (non-hydrogen) atoms. The number of ether oxygens (including phenoxy) is 1. The fourth-order valence-corrected chi connectivity index (χ4v) is 2.58. The van der Waals surface area contributed by atoms with Gasteiger partial charge in [0.05, 0.1) is 11.3 Å². The Kier molecular flexibility index (Phi) is 7.41. The standard InChI is InChI=1S/C22H28N2O3/c1-5-6-13-23-22(26)18-9-7-8-10-19(18)24-21(25)17(4)27-20-14-15(2)11-12-16(20)3/h7-12,14,17H,5-6,13H2,1-4H3,(H,23,26)(H,24,25)/t17-/m0/s1. The lowest BCUT2D eigenvalue weighted by Crippen LogP contribution is -2.32. The molecule has 5 heteroatoms. The van der Waals surface area contributed by atoms with Crippen LogP contribution < -0.4 is 15.4 Å². The van der Waals surface area contributed by atoms with E-state index in [1.54, 1.807) is 31.2 Å². The Labute approximate surface area is 161 Å². The first kappa shape index (κ1) is 20.5. The molecular formula is C22H28N2O3. The number of amides is 2. The zero-order valence-electron chi connectivity index (χ0n) is 16.5. The van der Waals surface area contributed by atoms with E-state index in [2.05, 4.69) is 17.6 Å². The minimum atomic E-state index is -0.693. The third-order valence-electron chi connectivity index (χ3n) is 4.26. The average molecular weight is 368 g/mol. The number of nitrogens with one attached hydrogen (secondary N) is 2. The highest BCUT2D eigenvalue weighted by Gasteiger charge is 2.19. The summed E-state index contributed by atoms with van der Waals surface area (Å²) in [7, 11) is 0. The molecule has 0 radical (unpaired) electrons. The summed E-state index contributed by atoms with van der Waals surface area (Å²) < 4.78 is 5.83. The van der Waals surface area contributed by atoms with Crippen LogP contribution in [0.25, 0.3) is 0 Å². The van der Waals surface area contributed by atoms with E-state index in [1.807, 2.05) is 32.0 Å². The predicted octanol–water partition coefficient (Wildman–Crippen LogP) is 4.24. The van der Waals surface area contributed by atoms with Gasteiger partial charge in [-0.2, -0.15) is 0 Å². The van der Waals surface area contributed by atoms with Crippen molar-refractivity contribution in [2.45, 2.75) is 46.6 Å². The minimum Gasteiger partial charge on any atom is -0.481 e. The van der Waals surface area contributed by atoms with Crippen LogP contribution in [0.1, 0.15) is 48.2 Å². The highest BCUT2D eigenvalue weighted by Crippen LogP contribution is 2.21. The number of unbranched alkanes of at least 4 members (excludes halogenated alkanes) is 1. The Morgan fingerprint density at radius 2 is 1.85 bits per heavy atom. The van der Waals surface area contributed by atoms with Crippen LogP contribution in [0.4, 0.5) is 5.69 Å². The molecule has 0 heterocycles. The topological polar surface area (TPSA) is 67.4 Å². The fraction of sp³-hybridized carbons (Fsp3) is 0.364. The van der Waals surface area contributed by atoms with Crippen molar-refractivity contribution in [1.82, 2.24) is 5.32 Å². The number of anilines is 1. The molecule has 1 atom stereocenters. The smallest absolute Gasteiger partial charge is 0.265 e. The monoisotopic (exact) mass is 368 g/mol. The largest absolute Gasteiger partial charge is 0.481 e. The summed E-state index contributed by atoms with van der Waals surface area (Å²) in [6.07, 6.45) is 1.23. The summed E-state index contributed by atoms with van der Waals surface area (Å²) >= 11 is 0. The van der Waals surface area contributed by atoms with Gasteiger partial charge in [-0.15, -0.1) is 0 Å². The van der Waals surface area contributed by atoms with E-state index in [-0.39, 0.29) is 11.8 Å². The molecule has 0 spiro atoms. The van der Waals surface area contributed by atoms with E-state index in [4.69, 9.17) is 4.74 Å². The second-order valence-corrected chi connectivity index (χ2v) is 6.67. The van der Waals surface area contributed by atoms with Crippen molar-refractivity contribution < 1.29 is 14.3 Å². The highest BCUT2D eigenvalue weighted by molar-refractivity contribution is 6.04. The number of para-hydroxylation sites is 1. The van der Waals surface area contributed by atoms with Crippen LogP contribution in [0, 0.1) is 13.8 Å². The van der Waals surface area contributed by atoms with Gasteiger partial charge < -0.3 is 15.4 Å². The van der Waals surface area contributed by atoms with Gasteiger partial charge in [-0.25, -0.2) is 0 Å². The molecule has 0 aliphatic carbocycles. The first-order valence-corrected chi connectivity index (χ1v) is 9.34. The van der Waals surface area contributed by atoms with Crippen LogP contribution in [0.5, 0.6) is 5.75 Å². The van der Waals surface area contributed by atoms with Gasteiger partial charge in [0.1, 0.15) is 5.75 Å². The molecule has 0 aliphatic rings. The van der Waals surface area contributed by atoms with Gasteiger partial charge in [0, 0.05) is 6.54 Å². The van der Waals surface area contributed by atoms with Gasteiger partial charge in [-0.1, -0.05) is 37.6 Å². The fourth-order valence-electron chi connectivity index (χ4n) is 2.58. The van der Waals surface area contributed by atoms with Crippen LogP contribution in [-0.4, -0.2) is 24.5 Å². The summed E-state index contributed by atoms with van der Waals surface area (Å²) in [5.41, 5.74) is 2.96. The quantitative estimate of drug-likeness (QED) is 0.685. The maximum Gasteiger partial charge on any atom is 0.265 e. The van der Waals surface area contributed by atoms with Crippen molar-refractivity contribution in [1.29, 1.82) is 0 Å². The molecule has 0 aromatic heterocycles. The molecule has 0 unspecified atom stereocenters. The van der Waals surface area contributed by atoms with E-state index in [0.717, 1.165) is 24.0 Å². The average Bonchev–Trinajstić information content (AvgIpc) is 2.65. The maximum absolute atomic E-state index is 12.6. The molecule has 0 saturated heterocycles. The molecule has 2 rings (SSSR count). The van der Waals surface area contributed by atoms with Crippen molar-refractivity contribution >= 4 is 17.5 Å². The Morgan fingerprint density at radius 3 is 2.59 bits per heavy atom. The summed E-state index contributed by atoms with van der Waals surface area (Å²) in [6.45, 7) is 8.29. The molecule has 0 fully saturated rings. The molecule has 0 aliphatic heterocycles. The van der Waals surface area contributed by atoms with Gasteiger partial charge in [0.2, 0.25) is 0 Å². The summed E-state index contributed by atoms with van der Waals surface area (Å²) in [5.74, 6) is 0.190. The van der Waals surface area contributed by atoms with E-state index in [9.17, 15) is 9.59 Å². The first-order chi connectivity index (χ1) is 12.9. The summed E-state index contributed by atoms with van der Waals surface area (Å²) in [4.78, 5) is 25.0. The highest BCUT2D eigenvalue weighted by atomic mass is 16.5. The van der Waals surface area contributed by atoms with Crippen LogP contribution in [0.15, 0.2) is 42.5 Å². The Balaban J connectivity index is 2.06. The lowest BCUT2D eigenvalue weighted by Gasteiger charge is -2.18. The van der Waals surface area contributed by atoms with E-state index >= 15 is 0 Å². The van der Waals surface area contributed by atoms with Gasteiger partial charge in [0.15, 0.2) is 6.10 Å². The summed E-state index contributed by atoms with van der Waals surface area (Å²) in [5, 5.41) is 5.69.